The minimum atomic E-state index is -0.116. The standard InChI is InChI=1S/C55H48N2/c1-4-5-11-23-47-41-55(2,3)53-40-51(35-36-52(47)53)57(49-28-18-24-43(25-19-29-49)42-20-13-9-14-21-42)50-33-30-44(31-34-50)45-32-37-54-46(39-45)22-12-7-6-8-17-38-56(54)48-26-15-10-16-27-48/h4-11,13-18,20-21,23-27,29-37,39-41H,12,22,38H2,1-3H3/b5-4-,7-6-,17-8-,23-11-,43-24+. The van der Waals surface area contributed by atoms with Crippen LogP contribution >= 0.6 is 0 Å². The van der Waals surface area contributed by atoms with Crippen LogP contribution in [0, 0.1) is 0 Å². The molecule has 0 atom stereocenters. The van der Waals surface area contributed by atoms with E-state index in [-0.39, 0.29) is 5.41 Å². The Morgan fingerprint density at radius 3 is 2.28 bits per heavy atom. The Hall–Kier alpha value is -6.82. The molecule has 0 fully saturated rings. The number of hydrogen-bond donors (Lipinski definition) is 0. The molecule has 0 N–H and O–H groups in total. The lowest BCUT2D eigenvalue weighted by atomic mass is 9.86. The van der Waals surface area contributed by atoms with Gasteiger partial charge in [-0.15, -0.1) is 5.73 Å². The van der Waals surface area contributed by atoms with Gasteiger partial charge in [0.25, 0.3) is 0 Å². The Morgan fingerprint density at radius 2 is 1.47 bits per heavy atom. The number of nitrogens with zero attached hydrogens (tertiary/aromatic N) is 2. The third kappa shape index (κ3) is 8.25. The van der Waals surface area contributed by atoms with Crippen LogP contribution in [-0.2, 0) is 11.8 Å². The van der Waals surface area contributed by atoms with Crippen LogP contribution in [0.25, 0.3) is 22.3 Å². The minimum Gasteiger partial charge on any atom is -0.337 e. The monoisotopic (exact) mass is 736 g/mol. The Kier molecular flexibility index (Phi) is 11.0. The molecule has 2 heteroatoms. The number of aryl methyl sites for hydroxylation is 1. The summed E-state index contributed by atoms with van der Waals surface area (Å²) in [6.07, 6.45) is 29.9. The van der Waals surface area contributed by atoms with Crippen LogP contribution in [0.1, 0.15) is 49.4 Å². The molecule has 0 saturated carbocycles. The number of para-hydroxylation sites is 1. The fourth-order valence-electron chi connectivity index (χ4n) is 7.93. The molecule has 2 aliphatic carbocycles. The van der Waals surface area contributed by atoms with Crippen LogP contribution in [-0.4, -0.2) is 6.54 Å². The topological polar surface area (TPSA) is 6.48 Å². The van der Waals surface area contributed by atoms with Gasteiger partial charge in [-0.25, -0.2) is 0 Å². The van der Waals surface area contributed by atoms with Crippen molar-refractivity contribution in [3.63, 3.8) is 0 Å². The van der Waals surface area contributed by atoms with Gasteiger partial charge in [-0.1, -0.05) is 147 Å². The average molecular weight is 737 g/mol. The summed E-state index contributed by atoms with van der Waals surface area (Å²) in [6, 6.07) is 44.0. The van der Waals surface area contributed by atoms with Crippen LogP contribution in [0.3, 0.4) is 0 Å². The second kappa shape index (κ2) is 16.9. The van der Waals surface area contributed by atoms with Crippen LogP contribution in [0.2, 0.25) is 0 Å². The largest absolute Gasteiger partial charge is 0.337 e. The zero-order valence-electron chi connectivity index (χ0n) is 33.1. The highest BCUT2D eigenvalue weighted by molar-refractivity contribution is 5.86. The predicted molar refractivity (Wildman–Crippen MR) is 244 cm³/mol. The molecule has 0 bridgehead atoms. The molecule has 0 saturated heterocycles. The van der Waals surface area contributed by atoms with Gasteiger partial charge in [0.15, 0.2) is 0 Å². The maximum absolute atomic E-state index is 3.63. The molecular weight excluding hydrogens is 689 g/mol. The first-order valence-electron chi connectivity index (χ1n) is 20.0. The Bertz CT molecular complexity index is 2570. The lowest BCUT2D eigenvalue weighted by Crippen LogP contribution is -2.18. The second-order valence-corrected chi connectivity index (χ2v) is 15.1. The van der Waals surface area contributed by atoms with E-state index in [1.54, 1.807) is 0 Å². The third-order valence-corrected chi connectivity index (χ3v) is 10.8. The summed E-state index contributed by atoms with van der Waals surface area (Å²) >= 11 is 0. The molecule has 0 spiro atoms. The quantitative estimate of drug-likeness (QED) is 0.116. The maximum atomic E-state index is 3.63. The lowest BCUT2D eigenvalue weighted by Gasteiger charge is -2.28. The van der Waals surface area contributed by atoms with Gasteiger partial charge in [0.05, 0.1) is 5.70 Å². The van der Waals surface area contributed by atoms with E-state index < -0.39 is 0 Å². The van der Waals surface area contributed by atoms with Crippen molar-refractivity contribution in [2.75, 3.05) is 16.3 Å². The van der Waals surface area contributed by atoms with Gasteiger partial charge in [0.2, 0.25) is 0 Å². The molecule has 0 amide bonds. The van der Waals surface area contributed by atoms with Crippen LogP contribution in [0.15, 0.2) is 217 Å². The number of anilines is 4. The molecule has 1 heterocycles. The van der Waals surface area contributed by atoms with Gasteiger partial charge in [0.1, 0.15) is 0 Å². The Morgan fingerprint density at radius 1 is 0.719 bits per heavy atom. The molecule has 5 aromatic rings. The highest BCUT2D eigenvalue weighted by atomic mass is 15.1. The molecule has 2 nitrogen and oxygen atoms in total. The third-order valence-electron chi connectivity index (χ3n) is 10.8. The molecule has 0 radical (unpaired) electrons. The highest BCUT2D eigenvalue weighted by Crippen LogP contribution is 2.44. The van der Waals surface area contributed by atoms with Crippen molar-refractivity contribution in [1.29, 1.82) is 0 Å². The molecule has 8 rings (SSSR count). The Labute approximate surface area is 338 Å². The minimum absolute atomic E-state index is 0.116. The SMILES string of the molecule is C/C=C\C=C/C1=CC(C)(C)c2cc(N(C3=C=C/C=C(/c4ccccc4)C=C=C3)c3ccc(-c4ccc5c(c4)CC/C=C\C=C/CN5c4ccccc4)cc3)ccc21. The van der Waals surface area contributed by atoms with E-state index in [0.29, 0.717) is 0 Å². The first-order chi connectivity index (χ1) is 28.0. The second-order valence-electron chi connectivity index (χ2n) is 15.1. The highest BCUT2D eigenvalue weighted by Gasteiger charge is 2.30. The number of hydrogen-bond acceptors (Lipinski definition) is 2. The predicted octanol–water partition coefficient (Wildman–Crippen LogP) is 14.3. The van der Waals surface area contributed by atoms with E-state index in [1.807, 2.05) is 25.1 Å². The van der Waals surface area contributed by atoms with E-state index in [9.17, 15) is 0 Å². The van der Waals surface area contributed by atoms with Gasteiger partial charge < -0.3 is 9.80 Å². The van der Waals surface area contributed by atoms with Crippen LogP contribution in [0.5, 0.6) is 0 Å². The van der Waals surface area contributed by atoms with Crippen molar-refractivity contribution < 1.29 is 0 Å². The van der Waals surface area contributed by atoms with E-state index in [4.69, 9.17) is 0 Å². The fraction of sp³-hybridized carbons (Fsp3) is 0.127. The van der Waals surface area contributed by atoms with E-state index in [1.165, 1.54) is 44.8 Å². The Balaban J connectivity index is 1.18. The summed E-state index contributed by atoms with van der Waals surface area (Å²) in [6.45, 7) is 7.46. The summed E-state index contributed by atoms with van der Waals surface area (Å²) in [4.78, 5) is 4.72. The van der Waals surface area contributed by atoms with E-state index >= 15 is 0 Å². The van der Waals surface area contributed by atoms with Crippen molar-refractivity contribution in [3.8, 4) is 11.1 Å². The number of fused-ring (bicyclic) bond motifs is 2. The first-order valence-corrected chi connectivity index (χ1v) is 20.0. The van der Waals surface area contributed by atoms with Gasteiger partial charge in [-0.3, -0.25) is 0 Å². The van der Waals surface area contributed by atoms with Crippen molar-refractivity contribution in [2.45, 2.75) is 39.0 Å². The summed E-state index contributed by atoms with van der Waals surface area (Å²) < 4.78 is 0. The molecule has 0 unspecified atom stereocenters. The number of allylic oxidation sites excluding steroid dienone is 12. The zero-order chi connectivity index (χ0) is 39.0. The molecular formula is C55H48N2. The lowest BCUT2D eigenvalue weighted by molar-refractivity contribution is 0.683. The summed E-state index contributed by atoms with van der Waals surface area (Å²) in [7, 11) is 0. The summed E-state index contributed by atoms with van der Waals surface area (Å²) in [5.74, 6) is 0. The summed E-state index contributed by atoms with van der Waals surface area (Å²) in [5.41, 5.74) is 22.3. The number of benzene rings is 5. The smallest absolute Gasteiger partial charge is 0.0968 e. The van der Waals surface area contributed by atoms with Gasteiger partial charge in [-0.2, -0.15) is 0 Å². The number of rotatable bonds is 8. The fourth-order valence-corrected chi connectivity index (χ4v) is 7.93. The average Bonchev–Trinajstić information content (AvgIpc) is 3.49. The van der Waals surface area contributed by atoms with Gasteiger partial charge in [-0.05, 0) is 131 Å². The zero-order valence-corrected chi connectivity index (χ0v) is 33.1. The normalized spacial score (nSPS) is 17.9. The molecule has 3 aliphatic rings. The van der Waals surface area contributed by atoms with Gasteiger partial charge in [0, 0.05) is 40.8 Å². The molecule has 278 valence electrons. The van der Waals surface area contributed by atoms with Gasteiger partial charge >= 0.3 is 0 Å². The first kappa shape index (κ1) is 37.1. The van der Waals surface area contributed by atoms with Crippen molar-refractivity contribution in [2.24, 2.45) is 0 Å². The van der Waals surface area contributed by atoms with Crippen LogP contribution < -0.4 is 9.80 Å². The molecule has 1 aliphatic heterocycles. The van der Waals surface area contributed by atoms with E-state index in [0.717, 1.165) is 47.6 Å². The van der Waals surface area contributed by atoms with Crippen molar-refractivity contribution >= 4 is 33.9 Å². The molecule has 5 aromatic carbocycles. The molecule has 0 aromatic heterocycles. The van der Waals surface area contributed by atoms with Crippen LogP contribution in [0.4, 0.5) is 22.7 Å². The maximum Gasteiger partial charge on any atom is 0.0968 e. The molecule has 57 heavy (non-hydrogen) atoms. The van der Waals surface area contributed by atoms with E-state index in [2.05, 4.69) is 217 Å². The van der Waals surface area contributed by atoms with Crippen molar-refractivity contribution in [1.82, 2.24) is 0 Å². The summed E-state index contributed by atoms with van der Waals surface area (Å²) in [5, 5.41) is 0. The van der Waals surface area contributed by atoms with Crippen molar-refractivity contribution in [3.05, 3.63) is 240 Å².